The number of hydrogen-bond acceptors (Lipinski definition) is 4. The summed E-state index contributed by atoms with van der Waals surface area (Å²) in [5, 5.41) is 1.66. The van der Waals surface area contributed by atoms with Crippen molar-refractivity contribution in [2.75, 3.05) is 50.2 Å². The minimum Gasteiger partial charge on any atom is -0.378 e. The fourth-order valence-electron chi connectivity index (χ4n) is 3.37. The van der Waals surface area contributed by atoms with Gasteiger partial charge in [0, 0.05) is 55.2 Å². The summed E-state index contributed by atoms with van der Waals surface area (Å²) in [6.45, 7) is 3.30. The number of hydrogen-bond donors (Lipinski definition) is 1. The highest BCUT2D eigenvalue weighted by Gasteiger charge is 2.12. The Bertz CT molecular complexity index is 988. The van der Waals surface area contributed by atoms with Gasteiger partial charge in [-0.05, 0) is 35.7 Å². The molecule has 0 atom stereocenters. The van der Waals surface area contributed by atoms with Crippen molar-refractivity contribution in [1.82, 2.24) is 4.98 Å². The lowest BCUT2D eigenvalue weighted by Crippen LogP contribution is -2.36. The highest BCUT2D eigenvalue weighted by molar-refractivity contribution is 5.88. The van der Waals surface area contributed by atoms with Gasteiger partial charge in [-0.15, -0.1) is 0 Å². The molecule has 26 heavy (non-hydrogen) atoms. The van der Waals surface area contributed by atoms with Gasteiger partial charge in [0.05, 0.1) is 13.2 Å². The van der Waals surface area contributed by atoms with Gasteiger partial charge >= 0.3 is 0 Å². The van der Waals surface area contributed by atoms with Gasteiger partial charge in [0.15, 0.2) is 0 Å². The molecule has 1 aliphatic rings. The Morgan fingerprint density at radius 3 is 2.62 bits per heavy atom. The normalized spacial score (nSPS) is 14.6. The molecular formula is C21H23N3O2. The summed E-state index contributed by atoms with van der Waals surface area (Å²) in [6, 6.07) is 16.3. The first-order chi connectivity index (χ1) is 12.6. The second kappa shape index (κ2) is 6.84. The maximum Gasteiger partial charge on any atom is 0.256 e. The molecule has 0 unspecified atom stereocenters. The summed E-state index contributed by atoms with van der Waals surface area (Å²) in [7, 11) is 3.95. The number of benzene rings is 2. The van der Waals surface area contributed by atoms with Gasteiger partial charge in [-0.1, -0.05) is 18.2 Å². The molecular weight excluding hydrogens is 326 g/mol. The third-order valence-corrected chi connectivity index (χ3v) is 4.88. The van der Waals surface area contributed by atoms with E-state index in [-0.39, 0.29) is 5.56 Å². The number of H-pyrrole nitrogens is 1. The van der Waals surface area contributed by atoms with E-state index in [1.54, 1.807) is 0 Å². The van der Waals surface area contributed by atoms with Crippen LogP contribution in [0.5, 0.6) is 0 Å². The molecule has 4 rings (SSSR count). The van der Waals surface area contributed by atoms with Crippen molar-refractivity contribution in [3.63, 3.8) is 0 Å². The molecule has 5 heteroatoms. The molecule has 5 nitrogen and oxygen atoms in total. The van der Waals surface area contributed by atoms with Crippen LogP contribution in [0.2, 0.25) is 0 Å². The van der Waals surface area contributed by atoms with E-state index in [0.717, 1.165) is 54.3 Å². The van der Waals surface area contributed by atoms with Crippen LogP contribution in [0, 0.1) is 0 Å². The van der Waals surface area contributed by atoms with Gasteiger partial charge in [0.1, 0.15) is 0 Å². The van der Waals surface area contributed by atoms with Crippen LogP contribution in [-0.2, 0) is 4.74 Å². The van der Waals surface area contributed by atoms with E-state index >= 15 is 0 Å². The second-order valence-electron chi connectivity index (χ2n) is 6.83. The molecule has 0 aliphatic carbocycles. The number of morpholine rings is 1. The highest BCUT2D eigenvalue weighted by Crippen LogP contribution is 2.26. The Balaban J connectivity index is 1.75. The first-order valence-corrected chi connectivity index (χ1v) is 8.89. The Kier molecular flexibility index (Phi) is 4.39. The first-order valence-electron chi connectivity index (χ1n) is 8.89. The molecule has 0 spiro atoms. The number of pyridine rings is 1. The predicted octanol–water partition coefficient (Wildman–Crippen LogP) is 3.10. The van der Waals surface area contributed by atoms with E-state index in [1.165, 1.54) is 0 Å². The zero-order valence-electron chi connectivity index (χ0n) is 15.2. The summed E-state index contributed by atoms with van der Waals surface area (Å²) < 4.78 is 5.43. The van der Waals surface area contributed by atoms with Crippen molar-refractivity contribution in [2.45, 2.75) is 0 Å². The molecule has 1 fully saturated rings. The van der Waals surface area contributed by atoms with Crippen molar-refractivity contribution < 1.29 is 4.74 Å². The summed E-state index contributed by atoms with van der Waals surface area (Å²) >= 11 is 0. The monoisotopic (exact) mass is 349 g/mol. The maximum atomic E-state index is 12.6. The van der Waals surface area contributed by atoms with Gasteiger partial charge in [0.25, 0.3) is 5.56 Å². The predicted molar refractivity (Wildman–Crippen MR) is 107 cm³/mol. The van der Waals surface area contributed by atoms with E-state index in [1.807, 2.05) is 49.3 Å². The SMILES string of the molecule is CN(C)c1ccc2cc(-c3cccc(N4CCOCC4)c3)[nH]c(=O)c2c1. The lowest BCUT2D eigenvalue weighted by molar-refractivity contribution is 0.122. The summed E-state index contributed by atoms with van der Waals surface area (Å²) in [4.78, 5) is 20.0. The number of aromatic nitrogens is 1. The Morgan fingerprint density at radius 2 is 1.85 bits per heavy atom. The van der Waals surface area contributed by atoms with Crippen molar-refractivity contribution >= 4 is 22.1 Å². The Labute approximate surface area is 152 Å². The molecule has 1 aliphatic heterocycles. The number of nitrogens with one attached hydrogen (secondary N) is 1. The van der Waals surface area contributed by atoms with E-state index in [9.17, 15) is 4.79 Å². The van der Waals surface area contributed by atoms with Crippen LogP contribution in [-0.4, -0.2) is 45.4 Å². The fraction of sp³-hybridized carbons (Fsp3) is 0.286. The summed E-state index contributed by atoms with van der Waals surface area (Å²) in [5.74, 6) is 0. The largest absolute Gasteiger partial charge is 0.378 e. The number of anilines is 2. The second-order valence-corrected chi connectivity index (χ2v) is 6.83. The minimum absolute atomic E-state index is 0.0574. The molecule has 2 heterocycles. The van der Waals surface area contributed by atoms with Crippen LogP contribution in [0.15, 0.2) is 53.3 Å². The average Bonchev–Trinajstić information content (AvgIpc) is 2.68. The van der Waals surface area contributed by atoms with Crippen molar-refractivity contribution in [3.8, 4) is 11.3 Å². The molecule has 0 saturated carbocycles. The average molecular weight is 349 g/mol. The van der Waals surface area contributed by atoms with Gasteiger partial charge < -0.3 is 19.5 Å². The number of nitrogens with zero attached hydrogens (tertiary/aromatic N) is 2. The topological polar surface area (TPSA) is 48.6 Å². The van der Waals surface area contributed by atoms with E-state index in [2.05, 4.69) is 28.1 Å². The number of aromatic amines is 1. The van der Waals surface area contributed by atoms with Crippen LogP contribution in [0.4, 0.5) is 11.4 Å². The molecule has 3 aromatic rings. The smallest absolute Gasteiger partial charge is 0.256 e. The molecule has 1 aromatic heterocycles. The summed E-state index contributed by atoms with van der Waals surface area (Å²) in [5.41, 5.74) is 3.98. The number of rotatable bonds is 3. The van der Waals surface area contributed by atoms with Gasteiger partial charge in [-0.2, -0.15) is 0 Å². The zero-order valence-corrected chi connectivity index (χ0v) is 15.2. The molecule has 0 bridgehead atoms. The number of fused-ring (bicyclic) bond motifs is 1. The minimum atomic E-state index is -0.0574. The summed E-state index contributed by atoms with van der Waals surface area (Å²) in [6.07, 6.45) is 0. The Hall–Kier alpha value is -2.79. The zero-order chi connectivity index (χ0) is 18.1. The van der Waals surface area contributed by atoms with Crippen molar-refractivity contribution in [1.29, 1.82) is 0 Å². The highest BCUT2D eigenvalue weighted by atomic mass is 16.5. The lowest BCUT2D eigenvalue weighted by Gasteiger charge is -2.29. The van der Waals surface area contributed by atoms with Gasteiger partial charge in [-0.3, -0.25) is 4.79 Å². The van der Waals surface area contributed by atoms with Gasteiger partial charge in [-0.25, -0.2) is 0 Å². The van der Waals surface area contributed by atoms with Crippen molar-refractivity contribution in [2.24, 2.45) is 0 Å². The standard InChI is InChI=1S/C21H23N3O2/c1-23(2)17-7-6-15-13-20(22-21(25)19(15)14-17)16-4-3-5-18(12-16)24-8-10-26-11-9-24/h3-7,12-14H,8-11H2,1-2H3,(H,22,25). The van der Waals surface area contributed by atoms with E-state index in [4.69, 9.17) is 4.74 Å². The third kappa shape index (κ3) is 3.18. The fourth-order valence-corrected chi connectivity index (χ4v) is 3.37. The van der Waals surface area contributed by atoms with Crippen LogP contribution in [0.3, 0.4) is 0 Å². The third-order valence-electron chi connectivity index (χ3n) is 4.88. The van der Waals surface area contributed by atoms with Crippen LogP contribution < -0.4 is 15.4 Å². The molecule has 0 radical (unpaired) electrons. The molecule has 134 valence electrons. The van der Waals surface area contributed by atoms with Crippen molar-refractivity contribution in [3.05, 3.63) is 58.9 Å². The molecule has 1 saturated heterocycles. The van der Waals surface area contributed by atoms with Crippen LogP contribution in [0.25, 0.3) is 22.0 Å². The number of ether oxygens (including phenoxy) is 1. The molecule has 0 amide bonds. The van der Waals surface area contributed by atoms with E-state index < -0.39 is 0 Å². The van der Waals surface area contributed by atoms with Gasteiger partial charge in [0.2, 0.25) is 0 Å². The quantitative estimate of drug-likeness (QED) is 0.789. The molecule has 2 aromatic carbocycles. The Morgan fingerprint density at radius 1 is 1.04 bits per heavy atom. The molecule has 1 N–H and O–H groups in total. The lowest BCUT2D eigenvalue weighted by atomic mass is 10.1. The first kappa shape index (κ1) is 16.7. The van der Waals surface area contributed by atoms with Crippen LogP contribution in [0.1, 0.15) is 0 Å². The maximum absolute atomic E-state index is 12.6. The van der Waals surface area contributed by atoms with Crippen LogP contribution >= 0.6 is 0 Å². The van der Waals surface area contributed by atoms with E-state index in [0.29, 0.717) is 5.39 Å².